The largest absolute Gasteiger partial charge is 0.507 e. The van der Waals surface area contributed by atoms with Gasteiger partial charge in [0, 0.05) is 23.5 Å². The lowest BCUT2D eigenvalue weighted by Crippen LogP contribution is -2.13. The summed E-state index contributed by atoms with van der Waals surface area (Å²) in [4.78, 5) is 29.7. The number of phenolic OH excluding ortho intramolecular Hbond substituents is 1. The van der Waals surface area contributed by atoms with Crippen LogP contribution in [0.2, 0.25) is 0 Å². The second-order valence-corrected chi connectivity index (χ2v) is 9.17. The molecular formula is C32H25N5O4. The lowest BCUT2D eigenvalue weighted by molar-refractivity contribution is 0.102. The molecule has 0 fully saturated rings. The van der Waals surface area contributed by atoms with Gasteiger partial charge in [-0.1, -0.05) is 24.3 Å². The normalized spacial score (nSPS) is 10.9. The first kappa shape index (κ1) is 25.6. The summed E-state index contributed by atoms with van der Waals surface area (Å²) in [6, 6.07) is 27.0. The summed E-state index contributed by atoms with van der Waals surface area (Å²) in [7, 11) is 1.56. The summed E-state index contributed by atoms with van der Waals surface area (Å²) >= 11 is 0. The molecule has 0 saturated heterocycles. The van der Waals surface area contributed by atoms with Crippen LogP contribution in [0.1, 0.15) is 16.1 Å². The highest BCUT2D eigenvalue weighted by Gasteiger charge is 2.16. The van der Waals surface area contributed by atoms with Crippen molar-refractivity contribution in [2.24, 2.45) is 0 Å². The van der Waals surface area contributed by atoms with Crippen LogP contribution in [0, 0.1) is 0 Å². The zero-order valence-electron chi connectivity index (χ0n) is 22.0. The molecule has 6 aromatic rings. The number of H-pyrrole nitrogens is 1. The van der Waals surface area contributed by atoms with E-state index in [1.54, 1.807) is 62.0 Å². The molecule has 0 unspecified atom stereocenters. The third kappa shape index (κ3) is 5.41. The van der Waals surface area contributed by atoms with Crippen LogP contribution >= 0.6 is 0 Å². The highest BCUT2D eigenvalue weighted by molar-refractivity contribution is 6.06. The number of hydrogen-bond acceptors (Lipinski definition) is 7. The molecular weight excluding hydrogens is 518 g/mol. The number of aromatic nitrogens is 4. The van der Waals surface area contributed by atoms with Crippen molar-refractivity contribution < 1.29 is 19.4 Å². The quantitative estimate of drug-likeness (QED) is 0.208. The van der Waals surface area contributed by atoms with Gasteiger partial charge < -0.3 is 24.9 Å². The third-order valence-electron chi connectivity index (χ3n) is 6.51. The van der Waals surface area contributed by atoms with E-state index in [-0.39, 0.29) is 18.3 Å². The van der Waals surface area contributed by atoms with Gasteiger partial charge in [-0.3, -0.25) is 9.78 Å². The molecule has 0 radical (unpaired) electrons. The van der Waals surface area contributed by atoms with Crippen LogP contribution in [0.4, 0.5) is 5.69 Å². The van der Waals surface area contributed by atoms with Gasteiger partial charge in [-0.2, -0.15) is 0 Å². The molecule has 9 nitrogen and oxygen atoms in total. The minimum Gasteiger partial charge on any atom is -0.507 e. The zero-order valence-corrected chi connectivity index (χ0v) is 22.0. The standard InChI is InChI=1S/C32H25N5O4/c1-40-32-23(8-6-16-34-32)20-12-14-28(38)24(17-20)30-35-25-13-11-21(18-27(25)36-30)31(39)37-26-9-2-3-10-29(26)41-19-22-7-4-5-15-33-22/h2-18,38H,19H2,1H3,(H,35,36)(H,37,39). The van der Waals surface area contributed by atoms with Gasteiger partial charge >= 0.3 is 0 Å². The predicted molar refractivity (Wildman–Crippen MR) is 156 cm³/mol. The number of rotatable bonds is 8. The van der Waals surface area contributed by atoms with Crippen molar-refractivity contribution in [3.8, 4) is 39.9 Å². The second-order valence-electron chi connectivity index (χ2n) is 9.17. The van der Waals surface area contributed by atoms with Gasteiger partial charge in [-0.15, -0.1) is 0 Å². The molecule has 0 aliphatic heterocycles. The number of fused-ring (bicyclic) bond motifs is 1. The van der Waals surface area contributed by atoms with Crippen LogP contribution in [0.25, 0.3) is 33.5 Å². The molecule has 6 rings (SSSR count). The number of hydrogen-bond donors (Lipinski definition) is 3. The van der Waals surface area contributed by atoms with E-state index in [1.165, 1.54) is 0 Å². The number of methoxy groups -OCH3 is 1. The van der Waals surface area contributed by atoms with Gasteiger partial charge in [0.15, 0.2) is 0 Å². The van der Waals surface area contributed by atoms with Gasteiger partial charge in [0.1, 0.15) is 23.9 Å². The number of amides is 1. The van der Waals surface area contributed by atoms with Gasteiger partial charge in [0.2, 0.25) is 5.88 Å². The van der Waals surface area contributed by atoms with Crippen molar-refractivity contribution in [2.75, 3.05) is 12.4 Å². The number of nitrogens with one attached hydrogen (secondary N) is 2. The van der Waals surface area contributed by atoms with Crippen LogP contribution in [0.3, 0.4) is 0 Å². The average molecular weight is 544 g/mol. The highest BCUT2D eigenvalue weighted by Crippen LogP contribution is 2.36. The number of ether oxygens (including phenoxy) is 2. The number of para-hydroxylation sites is 2. The SMILES string of the molecule is COc1ncccc1-c1ccc(O)c(-c2nc3cc(C(=O)Nc4ccccc4OCc4ccccn4)ccc3[nH]2)c1. The molecule has 0 spiro atoms. The van der Waals surface area contributed by atoms with Crippen LogP contribution < -0.4 is 14.8 Å². The molecule has 41 heavy (non-hydrogen) atoms. The van der Waals surface area contributed by atoms with Gasteiger partial charge in [-0.25, -0.2) is 9.97 Å². The first-order valence-corrected chi connectivity index (χ1v) is 12.8. The van der Waals surface area contributed by atoms with Crippen LogP contribution in [0.15, 0.2) is 103 Å². The fraction of sp³-hybridized carbons (Fsp3) is 0.0625. The first-order chi connectivity index (χ1) is 20.1. The molecule has 0 aliphatic carbocycles. The molecule has 3 aromatic heterocycles. The summed E-state index contributed by atoms with van der Waals surface area (Å²) < 4.78 is 11.3. The summed E-state index contributed by atoms with van der Waals surface area (Å²) in [5.74, 6) is 1.24. The number of carbonyl (C=O) groups excluding carboxylic acids is 1. The Balaban J connectivity index is 1.25. The topological polar surface area (TPSA) is 122 Å². The summed E-state index contributed by atoms with van der Waals surface area (Å²) in [6.45, 7) is 0.275. The second kappa shape index (κ2) is 11.2. The minimum atomic E-state index is -0.307. The van der Waals surface area contributed by atoms with Crippen LogP contribution in [-0.2, 0) is 6.61 Å². The fourth-order valence-electron chi connectivity index (χ4n) is 4.47. The Morgan fingerprint density at radius 1 is 0.902 bits per heavy atom. The summed E-state index contributed by atoms with van der Waals surface area (Å²) in [6.07, 6.45) is 3.36. The molecule has 3 aromatic carbocycles. The number of aromatic amines is 1. The number of nitrogens with zero attached hydrogens (tertiary/aromatic N) is 3. The van der Waals surface area contributed by atoms with Crippen molar-refractivity contribution in [1.29, 1.82) is 0 Å². The molecule has 0 saturated carbocycles. The van der Waals surface area contributed by atoms with E-state index in [2.05, 4.69) is 25.3 Å². The number of pyridine rings is 2. The molecule has 1 amide bonds. The predicted octanol–water partition coefficient (Wildman–Crippen LogP) is 6.23. The number of carbonyl (C=O) groups is 1. The Bertz CT molecular complexity index is 1850. The van der Waals surface area contributed by atoms with Crippen LogP contribution in [-0.4, -0.2) is 38.1 Å². The Labute approximate surface area is 235 Å². The number of imidazole rings is 1. The number of phenols is 1. The number of aromatic hydroxyl groups is 1. The lowest BCUT2D eigenvalue weighted by Gasteiger charge is -2.12. The smallest absolute Gasteiger partial charge is 0.255 e. The van der Waals surface area contributed by atoms with E-state index in [0.717, 1.165) is 22.3 Å². The number of benzene rings is 3. The summed E-state index contributed by atoms with van der Waals surface area (Å²) in [5, 5.41) is 13.6. The maximum Gasteiger partial charge on any atom is 0.255 e. The maximum absolute atomic E-state index is 13.2. The molecule has 9 heteroatoms. The van der Waals surface area contributed by atoms with E-state index in [9.17, 15) is 9.90 Å². The highest BCUT2D eigenvalue weighted by atomic mass is 16.5. The van der Waals surface area contributed by atoms with Crippen molar-refractivity contribution in [3.63, 3.8) is 0 Å². The first-order valence-electron chi connectivity index (χ1n) is 12.8. The van der Waals surface area contributed by atoms with Crippen LogP contribution in [0.5, 0.6) is 17.4 Å². The molecule has 0 atom stereocenters. The Kier molecular flexibility index (Phi) is 6.98. The molecule has 3 heterocycles. The van der Waals surface area contributed by atoms with E-state index in [4.69, 9.17) is 9.47 Å². The Hall–Kier alpha value is -5.70. The van der Waals surface area contributed by atoms with E-state index >= 15 is 0 Å². The van der Waals surface area contributed by atoms with Gasteiger partial charge in [0.05, 0.1) is 35.1 Å². The van der Waals surface area contributed by atoms with Gasteiger partial charge in [0.25, 0.3) is 5.91 Å². The fourth-order valence-corrected chi connectivity index (χ4v) is 4.47. The maximum atomic E-state index is 13.2. The average Bonchev–Trinajstić information content (AvgIpc) is 3.45. The summed E-state index contributed by atoms with van der Waals surface area (Å²) in [5.41, 5.74) is 5.16. The molecule has 0 bridgehead atoms. The van der Waals surface area contributed by atoms with E-state index in [0.29, 0.717) is 39.8 Å². The minimum absolute atomic E-state index is 0.0657. The molecule has 3 N–H and O–H groups in total. The van der Waals surface area contributed by atoms with Crippen molar-refractivity contribution in [3.05, 3.63) is 115 Å². The monoisotopic (exact) mass is 543 g/mol. The third-order valence-corrected chi connectivity index (χ3v) is 6.51. The Morgan fingerprint density at radius 2 is 1.76 bits per heavy atom. The van der Waals surface area contributed by atoms with Crippen molar-refractivity contribution in [2.45, 2.75) is 6.61 Å². The Morgan fingerprint density at radius 3 is 2.61 bits per heavy atom. The number of anilines is 1. The zero-order chi connectivity index (χ0) is 28.2. The molecule has 0 aliphatic rings. The van der Waals surface area contributed by atoms with Crippen molar-refractivity contribution in [1.82, 2.24) is 19.9 Å². The van der Waals surface area contributed by atoms with E-state index < -0.39 is 0 Å². The van der Waals surface area contributed by atoms with Gasteiger partial charge in [-0.05, 0) is 72.3 Å². The van der Waals surface area contributed by atoms with Crippen molar-refractivity contribution >= 4 is 22.6 Å². The molecule has 202 valence electrons. The van der Waals surface area contributed by atoms with E-state index in [1.807, 2.05) is 48.5 Å². The lowest BCUT2D eigenvalue weighted by atomic mass is 10.0.